The molecule has 2 N–H and O–H groups in total. The summed E-state index contributed by atoms with van der Waals surface area (Å²) in [6.45, 7) is 8.38. The lowest BCUT2D eigenvalue weighted by molar-refractivity contribution is -0.123. The summed E-state index contributed by atoms with van der Waals surface area (Å²) in [7, 11) is 0. The summed E-state index contributed by atoms with van der Waals surface area (Å²) in [6, 6.07) is 0.377. The molecule has 1 fully saturated rings. The zero-order valence-corrected chi connectivity index (χ0v) is 9.47. The first-order valence-electron chi connectivity index (χ1n) is 5.59. The minimum atomic E-state index is 0.207. The van der Waals surface area contributed by atoms with Gasteiger partial charge in [0.15, 0.2) is 0 Å². The van der Waals surface area contributed by atoms with Crippen molar-refractivity contribution in [3.8, 4) is 0 Å². The highest BCUT2D eigenvalue weighted by atomic mass is 16.1. The number of amides is 1. The molecule has 1 heterocycles. The third-order valence-corrected chi connectivity index (χ3v) is 2.73. The number of carbonyl (C=O) groups is 1. The molecule has 0 aliphatic carbocycles. The fourth-order valence-corrected chi connectivity index (χ4v) is 1.86. The first kappa shape index (κ1) is 11.5. The van der Waals surface area contributed by atoms with Crippen molar-refractivity contribution in [3.63, 3.8) is 0 Å². The van der Waals surface area contributed by atoms with Crippen LogP contribution in [0.4, 0.5) is 0 Å². The van der Waals surface area contributed by atoms with Crippen LogP contribution >= 0.6 is 0 Å². The number of carbonyl (C=O) groups excluding carboxylic acids is 1. The van der Waals surface area contributed by atoms with Crippen LogP contribution in [-0.4, -0.2) is 25.0 Å². The molecule has 3 heteroatoms. The maximum Gasteiger partial charge on any atom is 0.220 e. The quantitative estimate of drug-likeness (QED) is 0.714. The number of nitrogens with one attached hydrogen (secondary N) is 2. The summed E-state index contributed by atoms with van der Waals surface area (Å²) in [4.78, 5) is 11.5. The Kier molecular flexibility index (Phi) is 4.39. The molecule has 0 spiro atoms. The molecule has 0 radical (unpaired) electrons. The third kappa shape index (κ3) is 3.66. The van der Waals surface area contributed by atoms with Gasteiger partial charge in [0.2, 0.25) is 5.91 Å². The van der Waals surface area contributed by atoms with Crippen molar-refractivity contribution in [2.24, 2.45) is 11.8 Å². The Morgan fingerprint density at radius 2 is 2.29 bits per heavy atom. The van der Waals surface area contributed by atoms with Crippen molar-refractivity contribution < 1.29 is 4.79 Å². The number of rotatable bonds is 3. The lowest BCUT2D eigenvalue weighted by atomic mass is 9.95. The number of hydrogen-bond donors (Lipinski definition) is 2. The van der Waals surface area contributed by atoms with Crippen molar-refractivity contribution >= 4 is 5.91 Å². The monoisotopic (exact) mass is 198 g/mol. The maximum absolute atomic E-state index is 11.5. The Morgan fingerprint density at radius 1 is 1.57 bits per heavy atom. The maximum atomic E-state index is 11.5. The summed E-state index contributed by atoms with van der Waals surface area (Å²) in [5.41, 5.74) is 0. The van der Waals surface area contributed by atoms with Gasteiger partial charge in [0.25, 0.3) is 0 Å². The van der Waals surface area contributed by atoms with Crippen molar-refractivity contribution in [1.29, 1.82) is 0 Å². The van der Waals surface area contributed by atoms with Crippen LogP contribution in [0.25, 0.3) is 0 Å². The summed E-state index contributed by atoms with van der Waals surface area (Å²) >= 11 is 0. The average Bonchev–Trinajstić information content (AvgIpc) is 2.07. The van der Waals surface area contributed by atoms with E-state index in [1.54, 1.807) is 0 Å². The van der Waals surface area contributed by atoms with Crippen LogP contribution in [0.1, 0.15) is 33.6 Å². The second kappa shape index (κ2) is 5.35. The van der Waals surface area contributed by atoms with Gasteiger partial charge in [-0.2, -0.15) is 0 Å². The summed E-state index contributed by atoms with van der Waals surface area (Å²) in [5, 5.41) is 6.45. The molecule has 1 aliphatic rings. The lowest BCUT2D eigenvalue weighted by Crippen LogP contribution is -2.48. The highest BCUT2D eigenvalue weighted by molar-refractivity contribution is 5.76. The minimum Gasteiger partial charge on any atom is -0.353 e. The fourth-order valence-electron chi connectivity index (χ4n) is 1.86. The molecule has 3 nitrogen and oxygen atoms in total. The normalized spacial score (nSPS) is 27.7. The van der Waals surface area contributed by atoms with Gasteiger partial charge in [0, 0.05) is 12.5 Å². The molecule has 0 saturated carbocycles. The van der Waals surface area contributed by atoms with Crippen LogP contribution < -0.4 is 10.6 Å². The summed E-state index contributed by atoms with van der Waals surface area (Å²) in [6.07, 6.45) is 1.71. The van der Waals surface area contributed by atoms with Gasteiger partial charge in [-0.15, -0.1) is 0 Å². The largest absolute Gasteiger partial charge is 0.353 e. The lowest BCUT2D eigenvalue weighted by Gasteiger charge is -2.30. The molecular formula is C11H22N2O. The molecule has 1 amide bonds. The highest BCUT2D eigenvalue weighted by Crippen LogP contribution is 2.11. The zero-order valence-electron chi connectivity index (χ0n) is 9.47. The van der Waals surface area contributed by atoms with Gasteiger partial charge in [-0.05, 0) is 31.3 Å². The molecule has 1 saturated heterocycles. The van der Waals surface area contributed by atoms with E-state index in [4.69, 9.17) is 0 Å². The predicted octanol–water partition coefficient (Wildman–Crippen LogP) is 1.15. The van der Waals surface area contributed by atoms with E-state index in [0.29, 0.717) is 24.3 Å². The van der Waals surface area contributed by atoms with E-state index in [9.17, 15) is 4.79 Å². The average molecular weight is 198 g/mol. The van der Waals surface area contributed by atoms with Gasteiger partial charge in [-0.1, -0.05) is 20.8 Å². The predicted molar refractivity (Wildman–Crippen MR) is 58.0 cm³/mol. The Balaban J connectivity index is 2.31. The van der Waals surface area contributed by atoms with Crippen molar-refractivity contribution in [1.82, 2.24) is 10.6 Å². The molecule has 0 aromatic rings. The van der Waals surface area contributed by atoms with Crippen LogP contribution in [-0.2, 0) is 4.79 Å². The van der Waals surface area contributed by atoms with E-state index < -0.39 is 0 Å². The van der Waals surface area contributed by atoms with E-state index in [2.05, 4.69) is 31.4 Å². The van der Waals surface area contributed by atoms with E-state index >= 15 is 0 Å². The molecule has 0 bridgehead atoms. The van der Waals surface area contributed by atoms with Crippen LogP contribution in [0.5, 0.6) is 0 Å². The van der Waals surface area contributed by atoms with Gasteiger partial charge < -0.3 is 10.6 Å². The second-order valence-electron chi connectivity index (χ2n) is 4.74. The smallest absolute Gasteiger partial charge is 0.220 e. The fraction of sp³-hybridized carbons (Fsp3) is 0.909. The Bertz CT molecular complexity index is 192. The number of piperidine rings is 1. The molecule has 2 atom stereocenters. The van der Waals surface area contributed by atoms with Gasteiger partial charge >= 0.3 is 0 Å². The Morgan fingerprint density at radius 3 is 2.86 bits per heavy atom. The van der Waals surface area contributed by atoms with Crippen molar-refractivity contribution in [2.75, 3.05) is 13.1 Å². The van der Waals surface area contributed by atoms with Crippen molar-refractivity contribution in [3.05, 3.63) is 0 Å². The van der Waals surface area contributed by atoms with E-state index in [1.165, 1.54) is 0 Å². The molecule has 1 rings (SSSR count). The second-order valence-corrected chi connectivity index (χ2v) is 4.74. The molecule has 2 unspecified atom stereocenters. The minimum absolute atomic E-state index is 0.207. The van der Waals surface area contributed by atoms with E-state index in [0.717, 1.165) is 19.5 Å². The Hall–Kier alpha value is -0.570. The van der Waals surface area contributed by atoms with Gasteiger partial charge in [-0.25, -0.2) is 0 Å². The van der Waals surface area contributed by atoms with Crippen LogP contribution in [0, 0.1) is 11.8 Å². The molecule has 1 aliphatic heterocycles. The molecule has 14 heavy (non-hydrogen) atoms. The molecule has 0 aromatic heterocycles. The standard InChI is InChI=1S/C11H22N2O/c1-8(2)6-11(14)13-10-4-5-12-7-9(10)3/h8-10,12H,4-7H2,1-3H3,(H,13,14). The molecule has 0 aromatic carbocycles. The summed E-state index contributed by atoms with van der Waals surface area (Å²) in [5.74, 6) is 1.21. The van der Waals surface area contributed by atoms with E-state index in [1.807, 2.05) is 0 Å². The van der Waals surface area contributed by atoms with Gasteiger partial charge in [0.05, 0.1) is 0 Å². The third-order valence-electron chi connectivity index (χ3n) is 2.73. The van der Waals surface area contributed by atoms with Crippen LogP contribution in [0.2, 0.25) is 0 Å². The van der Waals surface area contributed by atoms with Crippen molar-refractivity contribution in [2.45, 2.75) is 39.7 Å². The summed E-state index contributed by atoms with van der Waals surface area (Å²) < 4.78 is 0. The van der Waals surface area contributed by atoms with Gasteiger partial charge in [-0.3, -0.25) is 4.79 Å². The molecular weight excluding hydrogens is 176 g/mol. The number of hydrogen-bond acceptors (Lipinski definition) is 2. The van der Waals surface area contributed by atoms with Crippen LogP contribution in [0.3, 0.4) is 0 Å². The molecule has 82 valence electrons. The van der Waals surface area contributed by atoms with Crippen LogP contribution in [0.15, 0.2) is 0 Å². The zero-order chi connectivity index (χ0) is 10.6. The first-order valence-corrected chi connectivity index (χ1v) is 5.59. The van der Waals surface area contributed by atoms with Gasteiger partial charge in [0.1, 0.15) is 0 Å². The Labute approximate surface area is 86.6 Å². The first-order chi connectivity index (χ1) is 6.59. The highest BCUT2D eigenvalue weighted by Gasteiger charge is 2.22. The van der Waals surface area contributed by atoms with E-state index in [-0.39, 0.29) is 5.91 Å². The topological polar surface area (TPSA) is 41.1 Å². The SMILES string of the molecule is CC(C)CC(=O)NC1CCNCC1C.